The first kappa shape index (κ1) is 18.5. The molecule has 1 amide bonds. The van der Waals surface area contributed by atoms with E-state index in [4.69, 9.17) is 0 Å². The molecule has 2 aromatic rings. The molecular formula is C18H26N4OS. The number of aromatic amines is 1. The molecule has 0 bridgehead atoms. The number of aryl methyl sites for hydroxylation is 1. The Kier molecular flexibility index (Phi) is 7.31. The van der Waals surface area contributed by atoms with Gasteiger partial charge in [0.05, 0.1) is 5.75 Å². The predicted octanol–water partition coefficient (Wildman–Crippen LogP) is 3.96. The molecule has 0 spiro atoms. The molecule has 0 aliphatic carbocycles. The first-order chi connectivity index (χ1) is 11.6. The predicted molar refractivity (Wildman–Crippen MR) is 99.0 cm³/mol. The Bertz CT molecular complexity index is 639. The summed E-state index contributed by atoms with van der Waals surface area (Å²) in [6.07, 6.45) is 4.60. The number of benzene rings is 1. The standard InChI is InChI=1S/C18H26N4OS/c1-4-5-6-7-14(3)19-16(23)12-24-18-20-17(21-22-18)15-10-8-13(2)9-11-15/h8-11,14H,4-7,12H2,1-3H3,(H,19,23)(H,20,21,22). The van der Waals surface area contributed by atoms with E-state index in [1.165, 1.54) is 30.2 Å². The fraction of sp³-hybridized carbons (Fsp3) is 0.500. The summed E-state index contributed by atoms with van der Waals surface area (Å²) in [5, 5.41) is 10.7. The van der Waals surface area contributed by atoms with E-state index >= 15 is 0 Å². The minimum atomic E-state index is 0.0330. The number of nitrogens with zero attached hydrogens (tertiary/aromatic N) is 2. The van der Waals surface area contributed by atoms with E-state index in [0.29, 0.717) is 10.9 Å². The van der Waals surface area contributed by atoms with Crippen molar-refractivity contribution in [3.05, 3.63) is 29.8 Å². The van der Waals surface area contributed by atoms with Crippen molar-refractivity contribution in [2.24, 2.45) is 0 Å². The topological polar surface area (TPSA) is 70.7 Å². The molecule has 0 aliphatic heterocycles. The smallest absolute Gasteiger partial charge is 0.230 e. The van der Waals surface area contributed by atoms with Crippen molar-refractivity contribution in [3.63, 3.8) is 0 Å². The maximum absolute atomic E-state index is 12.0. The average molecular weight is 347 g/mol. The number of unbranched alkanes of at least 4 members (excludes halogenated alkanes) is 2. The van der Waals surface area contributed by atoms with Crippen LogP contribution in [-0.2, 0) is 4.79 Å². The van der Waals surface area contributed by atoms with Crippen LogP contribution in [0.15, 0.2) is 29.4 Å². The van der Waals surface area contributed by atoms with Gasteiger partial charge in [-0.1, -0.05) is 67.8 Å². The van der Waals surface area contributed by atoms with E-state index in [1.807, 2.05) is 31.2 Å². The van der Waals surface area contributed by atoms with Crippen molar-refractivity contribution in [2.45, 2.75) is 57.7 Å². The molecule has 130 valence electrons. The number of thioether (sulfide) groups is 1. The molecule has 6 heteroatoms. The summed E-state index contributed by atoms with van der Waals surface area (Å²) in [5.41, 5.74) is 2.20. The van der Waals surface area contributed by atoms with E-state index in [-0.39, 0.29) is 11.9 Å². The second-order valence-corrected chi connectivity index (χ2v) is 7.03. The van der Waals surface area contributed by atoms with Crippen molar-refractivity contribution >= 4 is 17.7 Å². The van der Waals surface area contributed by atoms with Crippen molar-refractivity contribution in [3.8, 4) is 11.4 Å². The van der Waals surface area contributed by atoms with Gasteiger partial charge in [-0.15, -0.1) is 5.10 Å². The maximum atomic E-state index is 12.0. The minimum absolute atomic E-state index is 0.0330. The number of carbonyl (C=O) groups excluding carboxylic acids is 1. The molecule has 1 aromatic heterocycles. The zero-order chi connectivity index (χ0) is 17.4. The highest BCUT2D eigenvalue weighted by molar-refractivity contribution is 7.99. The van der Waals surface area contributed by atoms with Crippen LogP contribution >= 0.6 is 11.8 Å². The van der Waals surface area contributed by atoms with Crippen LogP contribution in [0.25, 0.3) is 11.4 Å². The lowest BCUT2D eigenvalue weighted by molar-refractivity contribution is -0.119. The first-order valence-electron chi connectivity index (χ1n) is 8.50. The third-order valence-electron chi connectivity index (χ3n) is 3.77. The second kappa shape index (κ2) is 9.47. The van der Waals surface area contributed by atoms with Gasteiger partial charge in [0.1, 0.15) is 0 Å². The Morgan fingerprint density at radius 3 is 2.75 bits per heavy atom. The van der Waals surface area contributed by atoms with E-state index < -0.39 is 0 Å². The highest BCUT2D eigenvalue weighted by Crippen LogP contribution is 2.19. The molecule has 1 unspecified atom stereocenters. The summed E-state index contributed by atoms with van der Waals surface area (Å²) in [4.78, 5) is 16.4. The molecule has 1 aromatic carbocycles. The third-order valence-corrected chi connectivity index (χ3v) is 4.62. The molecular weight excluding hydrogens is 320 g/mol. The molecule has 0 radical (unpaired) electrons. The molecule has 5 nitrogen and oxygen atoms in total. The molecule has 0 aliphatic rings. The molecule has 2 N–H and O–H groups in total. The van der Waals surface area contributed by atoms with Crippen LogP contribution in [0.2, 0.25) is 0 Å². The Morgan fingerprint density at radius 2 is 2.04 bits per heavy atom. The Balaban J connectivity index is 1.78. The minimum Gasteiger partial charge on any atom is -0.353 e. The van der Waals surface area contributed by atoms with E-state index in [9.17, 15) is 4.79 Å². The van der Waals surface area contributed by atoms with Gasteiger partial charge in [-0.25, -0.2) is 4.98 Å². The van der Waals surface area contributed by atoms with Crippen LogP contribution < -0.4 is 5.32 Å². The van der Waals surface area contributed by atoms with Crippen molar-refractivity contribution in [1.29, 1.82) is 0 Å². The van der Waals surface area contributed by atoms with Crippen LogP contribution in [0.1, 0.15) is 45.1 Å². The van der Waals surface area contributed by atoms with Crippen LogP contribution in [0.3, 0.4) is 0 Å². The van der Waals surface area contributed by atoms with Gasteiger partial charge in [0.25, 0.3) is 0 Å². The normalized spacial score (nSPS) is 12.1. The second-order valence-electron chi connectivity index (χ2n) is 6.09. The summed E-state index contributed by atoms with van der Waals surface area (Å²) in [6, 6.07) is 8.32. The van der Waals surface area contributed by atoms with Crippen LogP contribution in [0, 0.1) is 6.92 Å². The van der Waals surface area contributed by atoms with Gasteiger partial charge in [-0.2, -0.15) is 0 Å². The Labute approximate surface area is 148 Å². The van der Waals surface area contributed by atoms with Gasteiger partial charge >= 0.3 is 0 Å². The maximum Gasteiger partial charge on any atom is 0.230 e. The molecule has 2 rings (SSSR count). The lowest BCUT2D eigenvalue weighted by atomic mass is 10.1. The monoisotopic (exact) mass is 346 g/mol. The summed E-state index contributed by atoms with van der Waals surface area (Å²) < 4.78 is 0. The number of nitrogens with one attached hydrogen (secondary N) is 2. The largest absolute Gasteiger partial charge is 0.353 e. The fourth-order valence-corrected chi connectivity index (χ4v) is 2.98. The number of hydrogen-bond acceptors (Lipinski definition) is 4. The summed E-state index contributed by atoms with van der Waals surface area (Å²) in [6.45, 7) is 6.29. The Morgan fingerprint density at radius 1 is 1.29 bits per heavy atom. The van der Waals surface area contributed by atoms with Crippen molar-refractivity contribution in [2.75, 3.05) is 5.75 Å². The zero-order valence-corrected chi connectivity index (χ0v) is 15.4. The van der Waals surface area contributed by atoms with E-state index in [1.54, 1.807) is 0 Å². The lowest BCUT2D eigenvalue weighted by Gasteiger charge is -2.12. The van der Waals surface area contributed by atoms with Gasteiger partial charge in [-0.05, 0) is 20.3 Å². The highest BCUT2D eigenvalue weighted by Gasteiger charge is 2.11. The highest BCUT2D eigenvalue weighted by atomic mass is 32.2. The zero-order valence-electron chi connectivity index (χ0n) is 14.6. The summed E-state index contributed by atoms with van der Waals surface area (Å²) in [7, 11) is 0. The first-order valence-corrected chi connectivity index (χ1v) is 9.48. The van der Waals surface area contributed by atoms with E-state index in [0.717, 1.165) is 24.2 Å². The number of H-pyrrole nitrogens is 1. The molecule has 24 heavy (non-hydrogen) atoms. The van der Waals surface area contributed by atoms with Gasteiger partial charge in [0.15, 0.2) is 5.82 Å². The lowest BCUT2D eigenvalue weighted by Crippen LogP contribution is -2.33. The van der Waals surface area contributed by atoms with Crippen LogP contribution in [-0.4, -0.2) is 32.9 Å². The summed E-state index contributed by atoms with van der Waals surface area (Å²) in [5.74, 6) is 1.10. The molecule has 0 saturated carbocycles. The molecule has 1 heterocycles. The average Bonchev–Trinajstić information content (AvgIpc) is 3.03. The van der Waals surface area contributed by atoms with Crippen LogP contribution in [0.4, 0.5) is 0 Å². The van der Waals surface area contributed by atoms with Gasteiger partial charge < -0.3 is 5.32 Å². The van der Waals surface area contributed by atoms with Gasteiger partial charge in [0, 0.05) is 11.6 Å². The quantitative estimate of drug-likeness (QED) is 0.532. The van der Waals surface area contributed by atoms with Crippen LogP contribution in [0.5, 0.6) is 0 Å². The Hall–Kier alpha value is -1.82. The third kappa shape index (κ3) is 6.00. The number of hydrogen-bond donors (Lipinski definition) is 2. The SMILES string of the molecule is CCCCCC(C)NC(=O)CSc1n[nH]c(-c2ccc(C)cc2)n1. The number of amides is 1. The molecule has 0 saturated heterocycles. The van der Waals surface area contributed by atoms with Crippen molar-refractivity contribution in [1.82, 2.24) is 20.5 Å². The van der Waals surface area contributed by atoms with E-state index in [2.05, 4.69) is 34.3 Å². The number of carbonyl (C=O) groups is 1. The summed E-state index contributed by atoms with van der Waals surface area (Å²) >= 11 is 1.35. The van der Waals surface area contributed by atoms with Gasteiger partial charge in [0.2, 0.25) is 11.1 Å². The fourth-order valence-electron chi connectivity index (χ4n) is 2.37. The molecule has 0 fully saturated rings. The number of rotatable bonds is 9. The van der Waals surface area contributed by atoms with Gasteiger partial charge in [-0.3, -0.25) is 9.89 Å². The molecule has 1 atom stereocenters. The number of aromatic nitrogens is 3. The van der Waals surface area contributed by atoms with Crippen molar-refractivity contribution < 1.29 is 4.79 Å².